The number of anilines is 1. The predicted octanol–water partition coefficient (Wildman–Crippen LogP) is 3.54. The van der Waals surface area contributed by atoms with E-state index in [9.17, 15) is 4.79 Å². The van der Waals surface area contributed by atoms with E-state index in [1.165, 1.54) is 6.07 Å². The zero-order valence-electron chi connectivity index (χ0n) is 13.4. The number of hydrazone groups is 1. The summed E-state index contributed by atoms with van der Waals surface area (Å²) in [6, 6.07) is 16.0. The van der Waals surface area contributed by atoms with Gasteiger partial charge in [-0.15, -0.1) is 0 Å². The Kier molecular flexibility index (Phi) is 5.11. The van der Waals surface area contributed by atoms with Crippen LogP contribution in [0.25, 0.3) is 11.3 Å². The number of nitrogens with zero attached hydrogens (tertiary/aromatic N) is 2. The second-order valence-corrected chi connectivity index (χ2v) is 5.57. The van der Waals surface area contributed by atoms with E-state index in [0.717, 1.165) is 16.9 Å². The van der Waals surface area contributed by atoms with Crippen molar-refractivity contribution in [1.82, 2.24) is 9.97 Å². The summed E-state index contributed by atoms with van der Waals surface area (Å²) < 4.78 is 5.13. The van der Waals surface area contributed by atoms with E-state index in [2.05, 4.69) is 20.5 Å². The normalized spacial score (nSPS) is 10.8. The lowest BCUT2D eigenvalue weighted by molar-refractivity contribution is 0.415. The Morgan fingerprint density at radius 3 is 2.72 bits per heavy atom. The van der Waals surface area contributed by atoms with Gasteiger partial charge in [0.25, 0.3) is 5.56 Å². The van der Waals surface area contributed by atoms with Gasteiger partial charge in [-0.3, -0.25) is 9.78 Å². The monoisotopic (exact) mass is 354 g/mol. The molecular formula is C18H15ClN4O2. The van der Waals surface area contributed by atoms with Crippen molar-refractivity contribution in [3.05, 3.63) is 75.5 Å². The van der Waals surface area contributed by atoms with Gasteiger partial charge in [0.2, 0.25) is 5.95 Å². The van der Waals surface area contributed by atoms with E-state index < -0.39 is 0 Å². The smallest absolute Gasteiger partial charge is 0.252 e. The first-order chi connectivity index (χ1) is 12.1. The van der Waals surface area contributed by atoms with Crippen LogP contribution in [0.15, 0.2) is 64.5 Å². The van der Waals surface area contributed by atoms with Crippen LogP contribution in [0.4, 0.5) is 5.95 Å². The molecule has 0 radical (unpaired) electrons. The van der Waals surface area contributed by atoms with Gasteiger partial charge in [-0.1, -0.05) is 23.7 Å². The van der Waals surface area contributed by atoms with E-state index in [0.29, 0.717) is 10.7 Å². The molecule has 0 amide bonds. The van der Waals surface area contributed by atoms with Crippen molar-refractivity contribution in [2.24, 2.45) is 5.10 Å². The molecule has 6 nitrogen and oxygen atoms in total. The van der Waals surface area contributed by atoms with Gasteiger partial charge in [0.15, 0.2) is 0 Å². The van der Waals surface area contributed by atoms with E-state index in [4.69, 9.17) is 16.3 Å². The summed E-state index contributed by atoms with van der Waals surface area (Å²) in [5.74, 6) is 0.981. The van der Waals surface area contributed by atoms with Crippen molar-refractivity contribution in [2.45, 2.75) is 0 Å². The highest BCUT2D eigenvalue weighted by molar-refractivity contribution is 6.30. The first kappa shape index (κ1) is 16.7. The number of hydrogen-bond acceptors (Lipinski definition) is 5. The first-order valence-electron chi connectivity index (χ1n) is 7.44. The largest absolute Gasteiger partial charge is 0.497 e. The summed E-state index contributed by atoms with van der Waals surface area (Å²) in [5, 5.41) is 4.69. The van der Waals surface area contributed by atoms with Crippen molar-refractivity contribution < 1.29 is 4.74 Å². The molecule has 1 heterocycles. The molecule has 0 atom stereocenters. The maximum atomic E-state index is 11.9. The molecule has 7 heteroatoms. The molecule has 0 saturated carbocycles. The molecule has 126 valence electrons. The predicted molar refractivity (Wildman–Crippen MR) is 99.5 cm³/mol. The second kappa shape index (κ2) is 7.63. The Hall–Kier alpha value is -3.12. The molecule has 3 rings (SSSR count). The molecule has 0 fully saturated rings. The van der Waals surface area contributed by atoms with Crippen LogP contribution < -0.4 is 15.7 Å². The van der Waals surface area contributed by atoms with Crippen molar-refractivity contribution in [1.29, 1.82) is 0 Å². The van der Waals surface area contributed by atoms with E-state index >= 15 is 0 Å². The number of rotatable bonds is 5. The molecule has 3 aromatic rings. The van der Waals surface area contributed by atoms with Crippen molar-refractivity contribution in [2.75, 3.05) is 12.5 Å². The summed E-state index contributed by atoms with van der Waals surface area (Å²) in [4.78, 5) is 18.8. The summed E-state index contributed by atoms with van der Waals surface area (Å²) in [5.41, 5.74) is 4.61. The Morgan fingerprint density at radius 1 is 1.20 bits per heavy atom. The van der Waals surface area contributed by atoms with Gasteiger partial charge in [-0.2, -0.15) is 5.10 Å². The molecule has 25 heavy (non-hydrogen) atoms. The molecule has 0 aliphatic heterocycles. The average Bonchev–Trinajstić information content (AvgIpc) is 2.61. The van der Waals surface area contributed by atoms with Gasteiger partial charge < -0.3 is 4.74 Å². The molecule has 0 spiro atoms. The lowest BCUT2D eigenvalue weighted by Crippen LogP contribution is -2.10. The molecule has 0 aliphatic rings. The molecule has 2 aromatic carbocycles. The highest BCUT2D eigenvalue weighted by atomic mass is 35.5. The number of benzene rings is 2. The first-order valence-corrected chi connectivity index (χ1v) is 7.82. The third-order valence-electron chi connectivity index (χ3n) is 3.36. The van der Waals surface area contributed by atoms with Crippen LogP contribution in [0.5, 0.6) is 5.75 Å². The van der Waals surface area contributed by atoms with E-state index in [-0.39, 0.29) is 11.5 Å². The van der Waals surface area contributed by atoms with Gasteiger partial charge >= 0.3 is 0 Å². The molecule has 1 aromatic heterocycles. The fourth-order valence-electron chi connectivity index (χ4n) is 2.18. The molecule has 0 unspecified atom stereocenters. The quantitative estimate of drug-likeness (QED) is 0.542. The summed E-state index contributed by atoms with van der Waals surface area (Å²) in [6.45, 7) is 0. The fourth-order valence-corrected chi connectivity index (χ4v) is 2.37. The minimum atomic E-state index is -0.277. The third kappa shape index (κ3) is 4.45. The van der Waals surface area contributed by atoms with Crippen molar-refractivity contribution in [3.8, 4) is 17.0 Å². The van der Waals surface area contributed by atoms with Crippen LogP contribution in [-0.4, -0.2) is 23.3 Å². The lowest BCUT2D eigenvalue weighted by atomic mass is 10.1. The second-order valence-electron chi connectivity index (χ2n) is 5.13. The number of ether oxygens (including phenoxy) is 1. The molecule has 2 N–H and O–H groups in total. The Labute approximate surface area is 149 Å². The van der Waals surface area contributed by atoms with Crippen LogP contribution in [-0.2, 0) is 0 Å². The van der Waals surface area contributed by atoms with Crippen LogP contribution in [0.1, 0.15) is 5.56 Å². The summed E-state index contributed by atoms with van der Waals surface area (Å²) in [6.07, 6.45) is 1.59. The number of aromatic nitrogens is 2. The van der Waals surface area contributed by atoms with Crippen molar-refractivity contribution >= 4 is 23.8 Å². The average molecular weight is 355 g/mol. The number of methoxy groups -OCH3 is 1. The third-order valence-corrected chi connectivity index (χ3v) is 3.60. The van der Waals surface area contributed by atoms with E-state index in [1.807, 2.05) is 36.4 Å². The molecule has 0 saturated heterocycles. The molecule has 0 aliphatic carbocycles. The SMILES string of the molecule is COc1ccc(-c2cc(=O)[nH]c(N/N=C\c3cccc(Cl)c3)n2)cc1. The highest BCUT2D eigenvalue weighted by Gasteiger charge is 2.04. The highest BCUT2D eigenvalue weighted by Crippen LogP contribution is 2.20. The zero-order chi connectivity index (χ0) is 17.6. The number of hydrogen-bond donors (Lipinski definition) is 2. The molecular weight excluding hydrogens is 340 g/mol. The lowest BCUT2D eigenvalue weighted by Gasteiger charge is -2.05. The summed E-state index contributed by atoms with van der Waals surface area (Å²) >= 11 is 5.92. The minimum Gasteiger partial charge on any atom is -0.497 e. The standard InChI is InChI=1S/C18H15ClN4O2/c1-25-15-7-5-13(6-8-15)16-10-17(24)22-18(21-16)23-20-11-12-3-2-4-14(19)9-12/h2-11H,1H3,(H2,21,22,23,24)/b20-11-. The molecule has 0 bridgehead atoms. The number of nitrogens with one attached hydrogen (secondary N) is 2. The van der Waals surface area contributed by atoms with Gasteiger partial charge in [-0.25, -0.2) is 10.4 Å². The van der Waals surface area contributed by atoms with Gasteiger partial charge in [0.1, 0.15) is 5.75 Å². The zero-order valence-corrected chi connectivity index (χ0v) is 14.1. The van der Waals surface area contributed by atoms with Crippen LogP contribution >= 0.6 is 11.6 Å². The van der Waals surface area contributed by atoms with Crippen LogP contribution in [0.3, 0.4) is 0 Å². The Morgan fingerprint density at radius 2 is 2.00 bits per heavy atom. The van der Waals surface area contributed by atoms with Gasteiger partial charge in [-0.05, 0) is 42.0 Å². The number of aromatic amines is 1. The minimum absolute atomic E-state index is 0.247. The van der Waals surface area contributed by atoms with Crippen molar-refractivity contribution in [3.63, 3.8) is 0 Å². The Balaban J connectivity index is 1.80. The maximum absolute atomic E-state index is 11.9. The van der Waals surface area contributed by atoms with Crippen LogP contribution in [0, 0.1) is 0 Å². The Bertz CT molecular complexity index is 952. The van der Waals surface area contributed by atoms with Crippen LogP contribution in [0.2, 0.25) is 5.02 Å². The van der Waals surface area contributed by atoms with Gasteiger partial charge in [0, 0.05) is 16.7 Å². The summed E-state index contributed by atoms with van der Waals surface area (Å²) in [7, 11) is 1.60. The maximum Gasteiger partial charge on any atom is 0.252 e. The fraction of sp³-hybridized carbons (Fsp3) is 0.0556. The van der Waals surface area contributed by atoms with E-state index in [1.54, 1.807) is 25.5 Å². The number of halogens is 1. The number of H-pyrrole nitrogens is 1. The van der Waals surface area contributed by atoms with Gasteiger partial charge in [0.05, 0.1) is 19.0 Å². The topological polar surface area (TPSA) is 79.4 Å².